The number of hydrogen-bond acceptors (Lipinski definition) is 2. The molecule has 0 heterocycles. The Labute approximate surface area is 118 Å². The molecule has 19 heavy (non-hydrogen) atoms. The summed E-state index contributed by atoms with van der Waals surface area (Å²) in [6.45, 7) is 9.16. The fraction of sp³-hybridized carbons (Fsp3) is 0.500. The fourth-order valence-electron chi connectivity index (χ4n) is 2.40. The van der Waals surface area contributed by atoms with Crippen LogP contribution >= 0.6 is 0 Å². The quantitative estimate of drug-likeness (QED) is 0.628. The van der Waals surface area contributed by atoms with E-state index in [2.05, 4.69) is 51.2 Å². The second-order valence-electron chi connectivity index (χ2n) is 6.03. The standard InChI is InChI=1S/C16H26O2Si/c1-13(2)11-15(12-16(17)18-3)19(4,5)14-9-7-6-8-10-14/h6-10,12-13,15,17H,11H2,1-5H3/b16-12+. The van der Waals surface area contributed by atoms with E-state index in [1.54, 1.807) is 0 Å². The Balaban J connectivity index is 3.08. The van der Waals surface area contributed by atoms with Crippen molar-refractivity contribution in [3.8, 4) is 0 Å². The van der Waals surface area contributed by atoms with Crippen LogP contribution in [0.2, 0.25) is 18.6 Å². The number of ether oxygens (including phenoxy) is 1. The Morgan fingerprint density at radius 1 is 1.26 bits per heavy atom. The zero-order valence-electron chi connectivity index (χ0n) is 12.7. The molecule has 3 heteroatoms. The van der Waals surface area contributed by atoms with E-state index in [1.165, 1.54) is 12.3 Å². The highest BCUT2D eigenvalue weighted by molar-refractivity contribution is 6.91. The highest BCUT2D eigenvalue weighted by atomic mass is 28.3. The SMILES string of the molecule is CO/C(O)=C/C(CC(C)C)[Si](C)(C)c1ccccc1. The van der Waals surface area contributed by atoms with Crippen LogP contribution in [0.5, 0.6) is 0 Å². The van der Waals surface area contributed by atoms with Gasteiger partial charge in [0, 0.05) is 0 Å². The first-order chi connectivity index (χ1) is 8.87. The van der Waals surface area contributed by atoms with Crippen molar-refractivity contribution in [1.29, 1.82) is 0 Å². The lowest BCUT2D eigenvalue weighted by Gasteiger charge is -2.32. The summed E-state index contributed by atoms with van der Waals surface area (Å²) in [6, 6.07) is 10.6. The van der Waals surface area contributed by atoms with Crippen LogP contribution < -0.4 is 5.19 Å². The van der Waals surface area contributed by atoms with E-state index in [0.29, 0.717) is 11.5 Å². The molecule has 0 aliphatic heterocycles. The normalized spacial score (nSPS) is 14.5. The summed E-state index contributed by atoms with van der Waals surface area (Å²) in [4.78, 5) is 0. The summed E-state index contributed by atoms with van der Waals surface area (Å²) in [6.07, 6.45) is 2.97. The monoisotopic (exact) mass is 278 g/mol. The molecular weight excluding hydrogens is 252 g/mol. The fourth-order valence-corrected chi connectivity index (χ4v) is 5.50. The number of rotatable bonds is 6. The molecule has 0 aliphatic rings. The number of allylic oxidation sites excluding steroid dienone is 1. The molecule has 1 atom stereocenters. The third kappa shape index (κ3) is 4.42. The van der Waals surface area contributed by atoms with Crippen molar-refractivity contribution >= 4 is 13.3 Å². The largest absolute Gasteiger partial charge is 0.481 e. The zero-order valence-corrected chi connectivity index (χ0v) is 13.7. The number of methoxy groups -OCH3 is 1. The van der Waals surface area contributed by atoms with Crippen LogP contribution in [0.15, 0.2) is 42.4 Å². The van der Waals surface area contributed by atoms with Crippen LogP contribution in [0.4, 0.5) is 0 Å². The van der Waals surface area contributed by atoms with Gasteiger partial charge in [0.15, 0.2) is 0 Å². The van der Waals surface area contributed by atoms with E-state index in [-0.39, 0.29) is 5.95 Å². The molecule has 1 aromatic carbocycles. The lowest BCUT2D eigenvalue weighted by atomic mass is 10.1. The summed E-state index contributed by atoms with van der Waals surface area (Å²) in [5.41, 5.74) is 0.370. The van der Waals surface area contributed by atoms with Gasteiger partial charge in [0.1, 0.15) is 0 Å². The Morgan fingerprint density at radius 2 is 1.84 bits per heavy atom. The third-order valence-electron chi connectivity index (χ3n) is 3.72. The van der Waals surface area contributed by atoms with Crippen molar-refractivity contribution in [2.75, 3.05) is 7.11 Å². The van der Waals surface area contributed by atoms with Crippen molar-refractivity contribution in [2.24, 2.45) is 5.92 Å². The maximum atomic E-state index is 9.71. The van der Waals surface area contributed by atoms with Crippen molar-refractivity contribution in [2.45, 2.75) is 38.9 Å². The van der Waals surface area contributed by atoms with Crippen LogP contribution in [0.25, 0.3) is 0 Å². The molecule has 0 saturated heterocycles. The second kappa shape index (κ2) is 6.80. The average Bonchev–Trinajstić information content (AvgIpc) is 2.38. The molecule has 0 amide bonds. The summed E-state index contributed by atoms with van der Waals surface area (Å²) in [5.74, 6) is 0.642. The van der Waals surface area contributed by atoms with Crippen LogP contribution in [0.1, 0.15) is 20.3 Å². The van der Waals surface area contributed by atoms with Crippen molar-refractivity contribution < 1.29 is 9.84 Å². The van der Waals surface area contributed by atoms with Gasteiger partial charge in [0.05, 0.1) is 15.2 Å². The molecule has 0 bridgehead atoms. The van der Waals surface area contributed by atoms with Gasteiger partial charge in [-0.05, 0) is 24.0 Å². The summed E-state index contributed by atoms with van der Waals surface area (Å²) >= 11 is 0. The molecule has 1 aromatic rings. The van der Waals surface area contributed by atoms with Crippen LogP contribution in [-0.4, -0.2) is 20.3 Å². The first-order valence-electron chi connectivity index (χ1n) is 6.88. The minimum absolute atomic E-state index is 0.0437. The van der Waals surface area contributed by atoms with Gasteiger partial charge in [-0.25, -0.2) is 0 Å². The smallest absolute Gasteiger partial charge is 0.272 e. The zero-order chi connectivity index (χ0) is 14.5. The highest BCUT2D eigenvalue weighted by Crippen LogP contribution is 2.31. The second-order valence-corrected chi connectivity index (χ2v) is 10.8. The molecule has 0 spiro atoms. The van der Waals surface area contributed by atoms with E-state index in [1.807, 2.05) is 12.1 Å². The molecule has 1 N–H and O–H groups in total. The van der Waals surface area contributed by atoms with E-state index < -0.39 is 8.07 Å². The summed E-state index contributed by atoms with van der Waals surface area (Å²) < 4.78 is 4.93. The van der Waals surface area contributed by atoms with Gasteiger partial charge in [-0.1, -0.05) is 62.5 Å². The molecule has 0 aromatic heterocycles. The van der Waals surface area contributed by atoms with Crippen LogP contribution in [0, 0.1) is 5.92 Å². The number of aliphatic hydroxyl groups is 1. The van der Waals surface area contributed by atoms with Crippen LogP contribution in [-0.2, 0) is 4.74 Å². The molecule has 0 fully saturated rings. The minimum Gasteiger partial charge on any atom is -0.481 e. The molecule has 0 radical (unpaired) electrons. The highest BCUT2D eigenvalue weighted by Gasteiger charge is 2.33. The van der Waals surface area contributed by atoms with E-state index >= 15 is 0 Å². The molecule has 1 rings (SSSR count). The summed E-state index contributed by atoms with van der Waals surface area (Å²) in [5, 5.41) is 11.1. The molecular formula is C16H26O2Si. The van der Waals surface area contributed by atoms with Crippen LogP contribution in [0.3, 0.4) is 0 Å². The Bertz CT molecular complexity index is 410. The average molecular weight is 278 g/mol. The number of hydrogen-bond donors (Lipinski definition) is 1. The predicted octanol–water partition coefficient (Wildman–Crippen LogP) is 4.06. The first kappa shape index (κ1) is 15.8. The Morgan fingerprint density at radius 3 is 2.32 bits per heavy atom. The van der Waals surface area contributed by atoms with Crippen molar-refractivity contribution in [3.05, 3.63) is 42.4 Å². The van der Waals surface area contributed by atoms with Gasteiger partial charge < -0.3 is 9.84 Å². The van der Waals surface area contributed by atoms with Crippen molar-refractivity contribution in [1.82, 2.24) is 0 Å². The summed E-state index contributed by atoms with van der Waals surface area (Å²) in [7, 11) is -0.158. The van der Waals surface area contributed by atoms with E-state index in [0.717, 1.165) is 6.42 Å². The van der Waals surface area contributed by atoms with Gasteiger partial charge in [-0.3, -0.25) is 0 Å². The third-order valence-corrected chi connectivity index (χ3v) is 7.80. The Hall–Kier alpha value is -1.22. The molecule has 106 valence electrons. The maximum Gasteiger partial charge on any atom is 0.272 e. The Kier molecular flexibility index (Phi) is 5.67. The van der Waals surface area contributed by atoms with Gasteiger partial charge in [0.2, 0.25) is 0 Å². The van der Waals surface area contributed by atoms with E-state index in [4.69, 9.17) is 4.74 Å². The van der Waals surface area contributed by atoms with E-state index in [9.17, 15) is 5.11 Å². The molecule has 1 unspecified atom stereocenters. The van der Waals surface area contributed by atoms with Crippen molar-refractivity contribution in [3.63, 3.8) is 0 Å². The van der Waals surface area contributed by atoms with Gasteiger partial charge in [-0.15, -0.1) is 0 Å². The number of benzene rings is 1. The lowest BCUT2D eigenvalue weighted by Crippen LogP contribution is -2.45. The maximum absolute atomic E-state index is 9.71. The number of aliphatic hydroxyl groups excluding tert-OH is 1. The van der Waals surface area contributed by atoms with Gasteiger partial charge >= 0.3 is 0 Å². The van der Waals surface area contributed by atoms with Gasteiger partial charge in [-0.2, -0.15) is 0 Å². The minimum atomic E-state index is -1.67. The topological polar surface area (TPSA) is 29.5 Å². The lowest BCUT2D eigenvalue weighted by molar-refractivity contribution is 0.134. The predicted molar refractivity (Wildman–Crippen MR) is 84.5 cm³/mol. The van der Waals surface area contributed by atoms with Gasteiger partial charge in [0.25, 0.3) is 5.95 Å². The molecule has 2 nitrogen and oxygen atoms in total. The first-order valence-corrected chi connectivity index (χ1v) is 9.96. The molecule has 0 aliphatic carbocycles. The molecule has 0 saturated carbocycles.